The number of carbonyl (C=O) groups is 1. The average Bonchev–Trinajstić information content (AvgIpc) is 2.90. The summed E-state index contributed by atoms with van der Waals surface area (Å²) in [6, 6.07) is 26.1. The molecule has 0 saturated heterocycles. The molecule has 1 aromatic heterocycles. The monoisotopic (exact) mass is 470 g/mol. The highest BCUT2D eigenvalue weighted by Gasteiger charge is 2.34. The van der Waals surface area contributed by atoms with Crippen LogP contribution in [0.3, 0.4) is 0 Å². The molecule has 0 spiro atoms. The van der Waals surface area contributed by atoms with E-state index in [0.29, 0.717) is 18.1 Å². The zero-order chi connectivity index (χ0) is 24.6. The van der Waals surface area contributed by atoms with Crippen molar-refractivity contribution in [3.05, 3.63) is 102 Å². The number of rotatable bonds is 10. The molecule has 0 amide bonds. The van der Waals surface area contributed by atoms with E-state index in [1.807, 2.05) is 91.9 Å². The van der Waals surface area contributed by atoms with Crippen molar-refractivity contribution in [2.45, 2.75) is 18.9 Å². The van der Waals surface area contributed by atoms with Crippen LogP contribution in [-0.2, 0) is 4.79 Å². The van der Waals surface area contributed by atoms with Gasteiger partial charge >= 0.3 is 12.0 Å². The SMILES string of the molecule is CCOc1ccc(-c2nc(OC(C(=O)O)C(c3ccccc3)c3ccccc3)ncc2OC)cc1. The average molecular weight is 471 g/mol. The quantitative estimate of drug-likeness (QED) is 0.340. The first kappa shape index (κ1) is 23.8. The molecule has 0 saturated carbocycles. The van der Waals surface area contributed by atoms with Gasteiger partial charge in [-0.15, -0.1) is 0 Å². The number of nitrogens with zero attached hydrogens (tertiary/aromatic N) is 2. The van der Waals surface area contributed by atoms with Crippen LogP contribution in [0.25, 0.3) is 11.3 Å². The maximum atomic E-state index is 12.4. The summed E-state index contributed by atoms with van der Waals surface area (Å²) in [5, 5.41) is 10.2. The first-order valence-corrected chi connectivity index (χ1v) is 11.2. The van der Waals surface area contributed by atoms with Crippen LogP contribution in [0.1, 0.15) is 24.0 Å². The number of aromatic nitrogens is 2. The summed E-state index contributed by atoms with van der Waals surface area (Å²) in [7, 11) is 1.53. The normalized spacial score (nSPS) is 11.6. The fraction of sp³-hybridized carbons (Fsp3) is 0.179. The van der Waals surface area contributed by atoms with Crippen LogP contribution in [0.4, 0.5) is 0 Å². The molecule has 0 aliphatic heterocycles. The van der Waals surface area contributed by atoms with E-state index >= 15 is 0 Å². The van der Waals surface area contributed by atoms with E-state index in [9.17, 15) is 9.90 Å². The second-order valence-electron chi connectivity index (χ2n) is 7.70. The third kappa shape index (κ3) is 5.58. The summed E-state index contributed by atoms with van der Waals surface area (Å²) in [6.07, 6.45) is 0.217. The lowest BCUT2D eigenvalue weighted by molar-refractivity contribution is -0.146. The van der Waals surface area contributed by atoms with Gasteiger partial charge in [-0.2, -0.15) is 9.97 Å². The van der Waals surface area contributed by atoms with E-state index in [0.717, 1.165) is 22.4 Å². The van der Waals surface area contributed by atoms with Crippen molar-refractivity contribution in [1.82, 2.24) is 9.97 Å². The van der Waals surface area contributed by atoms with Gasteiger partial charge in [-0.05, 0) is 42.3 Å². The van der Waals surface area contributed by atoms with Gasteiger partial charge in [0.1, 0.15) is 11.4 Å². The fourth-order valence-electron chi connectivity index (χ4n) is 3.88. The number of hydrogen-bond donors (Lipinski definition) is 1. The number of benzene rings is 3. The van der Waals surface area contributed by atoms with E-state index in [-0.39, 0.29) is 6.01 Å². The Balaban J connectivity index is 1.72. The van der Waals surface area contributed by atoms with E-state index in [1.165, 1.54) is 13.3 Å². The van der Waals surface area contributed by atoms with Crippen molar-refractivity contribution < 1.29 is 24.1 Å². The number of carboxylic acids is 1. The molecular weight excluding hydrogens is 444 g/mol. The number of methoxy groups -OCH3 is 1. The van der Waals surface area contributed by atoms with Gasteiger partial charge in [0.05, 0.1) is 25.8 Å². The molecule has 3 aromatic carbocycles. The molecule has 1 atom stereocenters. The first-order chi connectivity index (χ1) is 17.1. The Hall–Kier alpha value is -4.39. The molecule has 4 rings (SSSR count). The molecule has 0 aliphatic carbocycles. The maximum Gasteiger partial charge on any atom is 0.346 e. The predicted molar refractivity (Wildman–Crippen MR) is 132 cm³/mol. The largest absolute Gasteiger partial charge is 0.494 e. The van der Waals surface area contributed by atoms with E-state index in [4.69, 9.17) is 14.2 Å². The van der Waals surface area contributed by atoms with Crippen molar-refractivity contribution in [3.8, 4) is 28.8 Å². The predicted octanol–water partition coefficient (Wildman–Crippen LogP) is 5.22. The Morgan fingerprint density at radius 2 is 1.51 bits per heavy atom. The molecular formula is C28H26N2O5. The van der Waals surface area contributed by atoms with Gasteiger partial charge in [0.25, 0.3) is 0 Å². The fourth-order valence-corrected chi connectivity index (χ4v) is 3.88. The summed E-state index contributed by atoms with van der Waals surface area (Å²) < 4.78 is 16.9. The molecule has 0 fully saturated rings. The molecule has 7 nitrogen and oxygen atoms in total. The highest BCUT2D eigenvalue weighted by Crippen LogP contribution is 2.33. The number of ether oxygens (including phenoxy) is 3. The van der Waals surface area contributed by atoms with Crippen molar-refractivity contribution in [1.29, 1.82) is 0 Å². The lowest BCUT2D eigenvalue weighted by Gasteiger charge is -2.25. The zero-order valence-electron chi connectivity index (χ0n) is 19.5. The van der Waals surface area contributed by atoms with Crippen LogP contribution < -0.4 is 14.2 Å². The van der Waals surface area contributed by atoms with Gasteiger partial charge in [0.15, 0.2) is 5.75 Å². The number of carboxylic acid groups (broad SMARTS) is 1. The van der Waals surface area contributed by atoms with E-state index in [1.54, 1.807) is 0 Å². The highest BCUT2D eigenvalue weighted by atomic mass is 16.5. The maximum absolute atomic E-state index is 12.4. The Morgan fingerprint density at radius 1 is 0.914 bits per heavy atom. The van der Waals surface area contributed by atoms with Gasteiger partial charge < -0.3 is 19.3 Å². The van der Waals surface area contributed by atoms with Gasteiger partial charge in [0, 0.05) is 5.56 Å². The second kappa shape index (κ2) is 11.2. The standard InChI is InChI=1S/C28H26N2O5/c1-3-34-22-16-14-21(15-17-22)25-23(33-2)18-29-28(30-25)35-26(27(31)32)24(19-10-6-4-7-11-19)20-12-8-5-9-13-20/h4-18,24,26H,3H2,1-2H3,(H,31,32). The van der Waals surface area contributed by atoms with Crippen LogP contribution >= 0.6 is 0 Å². The molecule has 178 valence electrons. The third-order valence-electron chi connectivity index (χ3n) is 5.49. The van der Waals surface area contributed by atoms with Crippen LogP contribution in [0.15, 0.2) is 91.1 Å². The highest BCUT2D eigenvalue weighted by molar-refractivity contribution is 5.75. The van der Waals surface area contributed by atoms with Gasteiger partial charge in [-0.1, -0.05) is 60.7 Å². The summed E-state index contributed by atoms with van der Waals surface area (Å²) in [6.45, 7) is 2.48. The first-order valence-electron chi connectivity index (χ1n) is 11.2. The van der Waals surface area contributed by atoms with Crippen LogP contribution in [-0.4, -0.2) is 40.9 Å². The van der Waals surface area contributed by atoms with Crippen LogP contribution in [0.2, 0.25) is 0 Å². The smallest absolute Gasteiger partial charge is 0.346 e. The second-order valence-corrected chi connectivity index (χ2v) is 7.70. The summed E-state index contributed by atoms with van der Waals surface area (Å²) in [5.74, 6) is -0.518. The van der Waals surface area contributed by atoms with Crippen molar-refractivity contribution >= 4 is 5.97 Å². The van der Waals surface area contributed by atoms with Crippen LogP contribution in [0.5, 0.6) is 17.5 Å². The molecule has 0 bridgehead atoms. The topological polar surface area (TPSA) is 90.8 Å². The third-order valence-corrected chi connectivity index (χ3v) is 5.49. The molecule has 0 aliphatic rings. The minimum atomic E-state index is -1.26. The molecule has 0 radical (unpaired) electrons. The summed E-state index contributed by atoms with van der Waals surface area (Å²) in [5.41, 5.74) is 2.87. The molecule has 35 heavy (non-hydrogen) atoms. The van der Waals surface area contributed by atoms with Crippen molar-refractivity contribution in [2.24, 2.45) is 0 Å². The summed E-state index contributed by atoms with van der Waals surface area (Å²) in [4.78, 5) is 21.2. The van der Waals surface area contributed by atoms with Crippen molar-refractivity contribution in [2.75, 3.05) is 13.7 Å². The van der Waals surface area contributed by atoms with E-state index < -0.39 is 18.0 Å². The molecule has 7 heteroatoms. The minimum absolute atomic E-state index is 0.0565. The van der Waals surface area contributed by atoms with E-state index in [2.05, 4.69) is 9.97 Å². The van der Waals surface area contributed by atoms with Crippen LogP contribution in [0, 0.1) is 0 Å². The molecule has 1 unspecified atom stereocenters. The molecule has 1 heterocycles. The lowest BCUT2D eigenvalue weighted by Crippen LogP contribution is -2.35. The van der Waals surface area contributed by atoms with Gasteiger partial charge in [0.2, 0.25) is 6.10 Å². The molecule has 1 N–H and O–H groups in total. The Bertz CT molecular complexity index is 1210. The Morgan fingerprint density at radius 3 is 2.03 bits per heavy atom. The van der Waals surface area contributed by atoms with Gasteiger partial charge in [-0.25, -0.2) is 4.79 Å². The number of hydrogen-bond acceptors (Lipinski definition) is 6. The Labute approximate surface area is 204 Å². The lowest BCUT2D eigenvalue weighted by atomic mass is 9.86. The minimum Gasteiger partial charge on any atom is -0.494 e. The Kier molecular flexibility index (Phi) is 7.57. The molecule has 4 aromatic rings. The summed E-state index contributed by atoms with van der Waals surface area (Å²) >= 11 is 0. The van der Waals surface area contributed by atoms with Gasteiger partial charge in [-0.3, -0.25) is 0 Å². The van der Waals surface area contributed by atoms with Crippen molar-refractivity contribution in [3.63, 3.8) is 0 Å². The zero-order valence-corrected chi connectivity index (χ0v) is 19.5. The number of aliphatic carboxylic acids is 1.